The van der Waals surface area contributed by atoms with Crippen LogP contribution in [0.4, 0.5) is 13.2 Å². The lowest BCUT2D eigenvalue weighted by atomic mass is 10.2. The van der Waals surface area contributed by atoms with E-state index in [-0.39, 0.29) is 5.56 Å². The minimum Gasteiger partial charge on any atom is -0.213 e. The van der Waals surface area contributed by atoms with Crippen molar-refractivity contribution in [3.05, 3.63) is 35.4 Å². The molecule has 12 heavy (non-hydrogen) atoms. The van der Waals surface area contributed by atoms with Gasteiger partial charge in [-0.25, -0.2) is 13.2 Å². The van der Waals surface area contributed by atoms with Crippen molar-refractivity contribution in [2.45, 2.75) is 3.49 Å². The van der Waals surface area contributed by atoms with Crippen molar-refractivity contribution in [1.29, 1.82) is 0 Å². The van der Waals surface area contributed by atoms with Crippen LogP contribution in [0, 0.1) is 11.6 Å². The molecule has 0 unspecified atom stereocenters. The van der Waals surface area contributed by atoms with Gasteiger partial charge in [0.15, 0.2) is 0 Å². The third kappa shape index (κ3) is 2.23. The molecule has 5 heteroatoms. The monoisotopic (exact) mass is 302 g/mol. The van der Waals surface area contributed by atoms with E-state index in [1.54, 1.807) is 0 Å². The number of hydrogen-bond acceptors (Lipinski definition) is 0. The fourth-order valence-electron chi connectivity index (χ4n) is 0.719. The summed E-state index contributed by atoms with van der Waals surface area (Å²) in [4.78, 5) is 0. The Morgan fingerprint density at radius 3 is 2.17 bits per heavy atom. The van der Waals surface area contributed by atoms with Gasteiger partial charge < -0.3 is 0 Å². The van der Waals surface area contributed by atoms with Crippen molar-refractivity contribution in [3.63, 3.8) is 0 Å². The van der Waals surface area contributed by atoms with Gasteiger partial charge in [0.1, 0.15) is 11.6 Å². The Balaban J connectivity index is 3.19. The molecule has 0 aliphatic carbocycles. The quantitative estimate of drug-likeness (QED) is 0.692. The summed E-state index contributed by atoms with van der Waals surface area (Å²) in [5.41, 5.74) is -0.288. The van der Waals surface area contributed by atoms with Gasteiger partial charge in [-0.05, 0) is 44.0 Å². The molecule has 0 nitrogen and oxygen atoms in total. The molecule has 0 radical (unpaired) electrons. The summed E-state index contributed by atoms with van der Waals surface area (Å²) >= 11 is 5.10. The van der Waals surface area contributed by atoms with Crippen molar-refractivity contribution in [1.82, 2.24) is 0 Å². The maximum atomic E-state index is 13.0. The summed E-state index contributed by atoms with van der Waals surface area (Å²) in [6, 6.07) is 2.62. The molecule has 0 aliphatic rings. The highest BCUT2D eigenvalue weighted by atomic mass is 79.9. The van der Waals surface area contributed by atoms with Crippen LogP contribution in [0.5, 0.6) is 0 Å². The lowest BCUT2D eigenvalue weighted by Crippen LogP contribution is -2.03. The van der Waals surface area contributed by atoms with E-state index in [1.165, 1.54) is 0 Å². The predicted octanol–water partition coefficient (Wildman–Crippen LogP) is 3.83. The smallest absolute Gasteiger partial charge is 0.213 e. The molecule has 0 saturated heterocycles. The number of benzene rings is 1. The average molecular weight is 304 g/mol. The highest BCUT2D eigenvalue weighted by molar-refractivity contribution is 9.24. The van der Waals surface area contributed by atoms with E-state index >= 15 is 0 Å². The van der Waals surface area contributed by atoms with Crippen LogP contribution in [0.3, 0.4) is 0 Å². The molecule has 0 fully saturated rings. The van der Waals surface area contributed by atoms with Crippen molar-refractivity contribution >= 4 is 31.9 Å². The van der Waals surface area contributed by atoms with Crippen LogP contribution < -0.4 is 0 Å². The van der Waals surface area contributed by atoms with Crippen LogP contribution in [-0.4, -0.2) is 0 Å². The first-order valence-corrected chi connectivity index (χ1v) is 4.52. The molecule has 0 N–H and O–H groups in total. The van der Waals surface area contributed by atoms with Crippen LogP contribution in [0.25, 0.3) is 0 Å². The van der Waals surface area contributed by atoms with Gasteiger partial charge in [0.2, 0.25) is 3.49 Å². The lowest BCUT2D eigenvalue weighted by Gasteiger charge is -2.10. The second-order valence-electron chi connectivity index (χ2n) is 2.12. The molecule has 0 heterocycles. The lowest BCUT2D eigenvalue weighted by molar-refractivity contribution is 0.425. The van der Waals surface area contributed by atoms with Crippen molar-refractivity contribution in [3.8, 4) is 0 Å². The molecule has 0 aromatic heterocycles. The third-order valence-electron chi connectivity index (χ3n) is 1.24. The molecule has 0 amide bonds. The molecule has 1 aromatic carbocycles. The largest absolute Gasteiger partial charge is 0.246 e. The second-order valence-corrected chi connectivity index (χ2v) is 5.37. The van der Waals surface area contributed by atoms with Gasteiger partial charge in [-0.3, -0.25) is 0 Å². The Kier molecular flexibility index (Phi) is 2.83. The SMILES string of the molecule is Fc1ccc(C(F)(Br)Br)c(F)c1. The molecular formula is C7H3Br2F3. The third-order valence-corrected chi connectivity index (χ3v) is 2.09. The second kappa shape index (κ2) is 3.38. The first-order chi connectivity index (χ1) is 5.41. The van der Waals surface area contributed by atoms with E-state index < -0.39 is 15.1 Å². The number of halogens is 5. The molecule has 0 saturated carbocycles. The van der Waals surface area contributed by atoms with Crippen molar-refractivity contribution < 1.29 is 13.2 Å². The highest BCUT2D eigenvalue weighted by Crippen LogP contribution is 2.40. The zero-order valence-corrected chi connectivity index (χ0v) is 8.79. The minimum absolute atomic E-state index is 0.288. The van der Waals surface area contributed by atoms with E-state index in [0.717, 1.165) is 12.1 Å². The zero-order chi connectivity index (χ0) is 9.35. The Morgan fingerprint density at radius 1 is 1.17 bits per heavy atom. The van der Waals surface area contributed by atoms with E-state index in [9.17, 15) is 13.2 Å². The number of rotatable bonds is 1. The van der Waals surface area contributed by atoms with Crippen LogP contribution in [0.1, 0.15) is 5.56 Å². The zero-order valence-electron chi connectivity index (χ0n) is 5.62. The summed E-state index contributed by atoms with van der Waals surface area (Å²) in [5.74, 6) is -1.67. The average Bonchev–Trinajstić information content (AvgIpc) is 1.83. The van der Waals surface area contributed by atoms with Gasteiger partial charge in [-0.15, -0.1) is 0 Å². The van der Waals surface area contributed by atoms with Crippen LogP contribution >= 0.6 is 31.9 Å². The molecule has 1 rings (SSSR count). The van der Waals surface area contributed by atoms with Gasteiger partial charge >= 0.3 is 0 Å². The van der Waals surface area contributed by atoms with Crippen LogP contribution in [-0.2, 0) is 3.49 Å². The Bertz CT molecular complexity index is 293. The van der Waals surface area contributed by atoms with Gasteiger partial charge in [-0.2, -0.15) is 0 Å². The molecular weight excluding hydrogens is 301 g/mol. The van der Waals surface area contributed by atoms with E-state index in [2.05, 4.69) is 31.9 Å². The number of hydrogen-bond donors (Lipinski definition) is 0. The first-order valence-electron chi connectivity index (χ1n) is 2.93. The molecule has 0 aliphatic heterocycles. The van der Waals surface area contributed by atoms with Gasteiger partial charge in [0.05, 0.1) is 0 Å². The highest BCUT2D eigenvalue weighted by Gasteiger charge is 2.27. The van der Waals surface area contributed by atoms with Gasteiger partial charge in [0, 0.05) is 11.6 Å². The van der Waals surface area contributed by atoms with E-state index in [0.29, 0.717) is 6.07 Å². The Labute approximate surface area is 84.0 Å². The summed E-state index contributed by atoms with van der Waals surface area (Å²) in [6.07, 6.45) is 0. The van der Waals surface area contributed by atoms with Crippen LogP contribution in [0.15, 0.2) is 18.2 Å². The number of alkyl halides is 3. The predicted molar refractivity (Wildman–Crippen MR) is 47.0 cm³/mol. The fourth-order valence-corrected chi connectivity index (χ4v) is 1.36. The molecule has 0 atom stereocenters. The van der Waals surface area contributed by atoms with E-state index in [4.69, 9.17) is 0 Å². The summed E-state index contributed by atoms with van der Waals surface area (Å²) in [5, 5.41) is 0. The maximum Gasteiger partial charge on any atom is 0.246 e. The summed E-state index contributed by atoms with van der Waals surface area (Å²) < 4.78 is 36.0. The summed E-state index contributed by atoms with van der Waals surface area (Å²) in [6.45, 7) is 0. The molecule has 0 bridgehead atoms. The normalized spacial score (nSPS) is 11.8. The Hall–Kier alpha value is -0.0300. The standard InChI is InChI=1S/C7H3Br2F3/c8-7(9,12)5-2-1-4(10)3-6(5)11/h1-3H. The first kappa shape index (κ1) is 10.1. The minimum atomic E-state index is -2.14. The fraction of sp³-hybridized carbons (Fsp3) is 0.143. The molecule has 66 valence electrons. The van der Waals surface area contributed by atoms with Crippen molar-refractivity contribution in [2.24, 2.45) is 0 Å². The van der Waals surface area contributed by atoms with Gasteiger partial charge in [0.25, 0.3) is 0 Å². The van der Waals surface area contributed by atoms with Crippen molar-refractivity contribution in [2.75, 3.05) is 0 Å². The topological polar surface area (TPSA) is 0 Å². The van der Waals surface area contributed by atoms with Crippen LogP contribution in [0.2, 0.25) is 0 Å². The maximum absolute atomic E-state index is 13.0. The summed E-state index contributed by atoms with van der Waals surface area (Å²) in [7, 11) is 0. The van der Waals surface area contributed by atoms with E-state index in [1.807, 2.05) is 0 Å². The Morgan fingerprint density at radius 2 is 1.75 bits per heavy atom. The molecule has 1 aromatic rings. The van der Waals surface area contributed by atoms with Gasteiger partial charge in [-0.1, -0.05) is 0 Å². The molecule has 0 spiro atoms.